The van der Waals surface area contributed by atoms with Crippen LogP contribution >= 0.6 is 0 Å². The Hall–Kier alpha value is -10.1. The first kappa shape index (κ1) is 43.5. The summed E-state index contributed by atoms with van der Waals surface area (Å²) in [6.45, 7) is 0. The maximum atomic E-state index is 4.66. The molecule has 0 N–H and O–H groups in total. The number of aromatic nitrogens is 3. The van der Waals surface area contributed by atoms with Crippen LogP contribution in [-0.2, 0) is 0 Å². The molecule has 76 heavy (non-hydrogen) atoms. The molecule has 0 atom stereocenters. The highest BCUT2D eigenvalue weighted by molar-refractivity contribution is 6.18. The molecule has 2 aliphatic carbocycles. The number of benzene rings is 11. The van der Waals surface area contributed by atoms with Gasteiger partial charge < -0.3 is 0 Å². The van der Waals surface area contributed by atoms with E-state index in [0.717, 1.165) is 33.8 Å². The van der Waals surface area contributed by atoms with E-state index in [1.165, 1.54) is 121 Å². The molecule has 16 rings (SSSR count). The van der Waals surface area contributed by atoms with Crippen molar-refractivity contribution in [2.24, 2.45) is 0 Å². The van der Waals surface area contributed by atoms with Crippen LogP contribution in [0.4, 0.5) is 0 Å². The molecule has 0 aliphatic heterocycles. The fourth-order valence-electron chi connectivity index (χ4n) is 11.8. The molecule has 14 aromatic rings. The van der Waals surface area contributed by atoms with E-state index >= 15 is 0 Å². The van der Waals surface area contributed by atoms with Gasteiger partial charge in [-0.2, -0.15) is 0 Å². The third-order valence-corrected chi connectivity index (χ3v) is 15.5. The van der Waals surface area contributed by atoms with E-state index in [9.17, 15) is 0 Å². The van der Waals surface area contributed by atoms with E-state index in [4.69, 9.17) is 0 Å². The lowest BCUT2D eigenvalue weighted by molar-refractivity contribution is 1.25. The van der Waals surface area contributed by atoms with Gasteiger partial charge in [0.1, 0.15) is 0 Å². The predicted octanol–water partition coefficient (Wildman–Crippen LogP) is 19.5. The second-order valence-electron chi connectivity index (χ2n) is 19.9. The molecule has 352 valence electrons. The van der Waals surface area contributed by atoms with E-state index < -0.39 is 0 Å². The minimum atomic E-state index is 0.883. The van der Waals surface area contributed by atoms with Gasteiger partial charge in [-0.1, -0.05) is 176 Å². The number of hydrogen-bond acceptors (Lipinski definition) is 3. The summed E-state index contributed by atoms with van der Waals surface area (Å²) in [5.74, 6) is 0. The molecule has 0 radical (unpaired) electrons. The van der Waals surface area contributed by atoms with E-state index in [1.54, 1.807) is 6.20 Å². The van der Waals surface area contributed by atoms with Crippen LogP contribution in [0.1, 0.15) is 0 Å². The van der Waals surface area contributed by atoms with Gasteiger partial charge in [-0.15, -0.1) is 0 Å². The van der Waals surface area contributed by atoms with Crippen LogP contribution in [0.2, 0.25) is 0 Å². The highest BCUT2D eigenvalue weighted by Gasteiger charge is 2.23. The summed E-state index contributed by atoms with van der Waals surface area (Å²) in [5, 5.41) is 10.3. The monoisotopic (exact) mass is 963 g/mol. The Labute approximate surface area is 440 Å². The largest absolute Gasteiger partial charge is 0.256 e. The first-order valence-electron chi connectivity index (χ1n) is 25.9. The number of rotatable bonds is 6. The SMILES string of the molecule is c1ccc(-c2cc(-c3ccc4cc(-c5cc6c7c(cccc7c5)-c5ccccc5-6)ccc4c3)ccn2)cc1.c1ccc(-c2ccc(-c3ccc4cc(-c5cc6c7c(cccc7c5)-c5ccccc5-6)ccc4c3)cn2)nc1. The maximum absolute atomic E-state index is 4.66. The summed E-state index contributed by atoms with van der Waals surface area (Å²) in [6.07, 6.45) is 5.63. The van der Waals surface area contributed by atoms with Gasteiger partial charge in [0.15, 0.2) is 0 Å². The standard InChI is InChI=1S/C37H23N.C36H22N2/c1-2-7-24(8-3-1)36-23-29(17-18-38-36)27-14-13-26-20-28(16-15-25(26)19-27)31-21-30-9-6-12-34-32-10-4-5-11-33(32)35(22-31)37(30)34;1-2-8-31-30(7-1)32-9-5-6-27-20-29(21-33(31)36(27)32)26-14-12-23-18-25(13-11-24(23)19-26)28-15-16-35(38-22-28)34-10-3-4-17-37-34/h1-23H;1-22H. The molecule has 0 fully saturated rings. The Morgan fingerprint density at radius 2 is 0.605 bits per heavy atom. The average Bonchev–Trinajstić information content (AvgIpc) is 4.02. The van der Waals surface area contributed by atoms with Gasteiger partial charge in [0.05, 0.1) is 17.1 Å². The van der Waals surface area contributed by atoms with Crippen LogP contribution in [0.3, 0.4) is 0 Å². The quantitative estimate of drug-likeness (QED) is 0.167. The van der Waals surface area contributed by atoms with Crippen LogP contribution in [0.25, 0.3) is 155 Å². The summed E-state index contributed by atoms with van der Waals surface area (Å²) >= 11 is 0. The first-order chi connectivity index (χ1) is 37.6. The fourth-order valence-corrected chi connectivity index (χ4v) is 11.8. The number of fused-ring (bicyclic) bond motifs is 8. The van der Waals surface area contributed by atoms with Crippen LogP contribution in [0.15, 0.2) is 273 Å². The molecule has 0 bridgehead atoms. The summed E-state index contributed by atoms with van der Waals surface area (Å²) in [6, 6.07) is 91.9. The lowest BCUT2D eigenvalue weighted by Gasteiger charge is -2.10. The Bertz CT molecular complexity index is 4620. The molecular weight excluding hydrogens is 919 g/mol. The highest BCUT2D eigenvalue weighted by atomic mass is 14.8. The van der Waals surface area contributed by atoms with Crippen LogP contribution < -0.4 is 0 Å². The molecule has 11 aromatic carbocycles. The lowest BCUT2D eigenvalue weighted by Crippen LogP contribution is -1.87. The molecule has 3 aromatic heterocycles. The van der Waals surface area contributed by atoms with Gasteiger partial charge in [-0.25, -0.2) is 0 Å². The lowest BCUT2D eigenvalue weighted by atomic mass is 9.94. The van der Waals surface area contributed by atoms with Crippen molar-refractivity contribution in [3.63, 3.8) is 0 Å². The second-order valence-corrected chi connectivity index (χ2v) is 19.9. The van der Waals surface area contributed by atoms with Crippen molar-refractivity contribution < 1.29 is 0 Å². The van der Waals surface area contributed by atoms with E-state index in [1.807, 2.05) is 42.7 Å². The van der Waals surface area contributed by atoms with Crippen molar-refractivity contribution in [2.45, 2.75) is 0 Å². The number of hydrogen-bond donors (Lipinski definition) is 0. The van der Waals surface area contributed by atoms with Crippen LogP contribution in [0.5, 0.6) is 0 Å². The van der Waals surface area contributed by atoms with Crippen LogP contribution in [0, 0.1) is 0 Å². The molecule has 3 heteroatoms. The van der Waals surface area contributed by atoms with Gasteiger partial charge in [0.2, 0.25) is 0 Å². The van der Waals surface area contributed by atoms with Crippen molar-refractivity contribution >= 4 is 43.1 Å². The summed E-state index contributed by atoms with van der Waals surface area (Å²) < 4.78 is 0. The molecular formula is C73H45N3. The number of nitrogens with zero attached hydrogens (tertiary/aromatic N) is 3. The maximum Gasteiger partial charge on any atom is 0.0886 e. The zero-order valence-electron chi connectivity index (χ0n) is 41.3. The Morgan fingerprint density at radius 1 is 0.184 bits per heavy atom. The van der Waals surface area contributed by atoms with E-state index in [0.29, 0.717) is 0 Å². The Kier molecular flexibility index (Phi) is 10.2. The molecule has 2 aliphatic rings. The third kappa shape index (κ3) is 7.48. The smallest absolute Gasteiger partial charge is 0.0886 e. The van der Waals surface area contributed by atoms with Gasteiger partial charge in [0, 0.05) is 29.7 Å². The topological polar surface area (TPSA) is 38.7 Å². The van der Waals surface area contributed by atoms with Gasteiger partial charge >= 0.3 is 0 Å². The minimum absolute atomic E-state index is 0.883. The van der Waals surface area contributed by atoms with Crippen molar-refractivity contribution in [3.05, 3.63) is 273 Å². The van der Waals surface area contributed by atoms with Gasteiger partial charge in [0.25, 0.3) is 0 Å². The van der Waals surface area contributed by atoms with Crippen LogP contribution in [-0.4, -0.2) is 15.0 Å². The van der Waals surface area contributed by atoms with Gasteiger partial charge in [-0.3, -0.25) is 15.0 Å². The summed E-state index contributed by atoms with van der Waals surface area (Å²) in [5.41, 5.74) is 24.2. The first-order valence-corrected chi connectivity index (χ1v) is 25.9. The van der Waals surface area contributed by atoms with Crippen molar-refractivity contribution in [1.29, 1.82) is 0 Å². The Morgan fingerprint density at radius 3 is 1.12 bits per heavy atom. The normalized spacial score (nSPS) is 11.7. The third-order valence-electron chi connectivity index (χ3n) is 15.5. The molecule has 0 saturated heterocycles. The van der Waals surface area contributed by atoms with Crippen molar-refractivity contribution in [1.82, 2.24) is 15.0 Å². The molecule has 0 unspecified atom stereocenters. The second kappa shape index (κ2) is 17.8. The average molecular weight is 964 g/mol. The van der Waals surface area contributed by atoms with Crippen molar-refractivity contribution in [3.8, 4) is 112 Å². The van der Waals surface area contributed by atoms with E-state index in [-0.39, 0.29) is 0 Å². The molecule has 3 heterocycles. The zero-order valence-corrected chi connectivity index (χ0v) is 41.3. The molecule has 0 spiro atoms. The zero-order chi connectivity index (χ0) is 50.1. The Balaban J connectivity index is 0.000000133. The molecule has 0 saturated carbocycles. The minimum Gasteiger partial charge on any atom is -0.256 e. The van der Waals surface area contributed by atoms with E-state index in [2.05, 4.69) is 239 Å². The molecule has 3 nitrogen and oxygen atoms in total. The fraction of sp³-hybridized carbons (Fsp3) is 0. The highest BCUT2D eigenvalue weighted by Crippen LogP contribution is 2.50. The summed E-state index contributed by atoms with van der Waals surface area (Å²) in [4.78, 5) is 13.7. The van der Waals surface area contributed by atoms with Gasteiger partial charge in [-0.05, 0) is 205 Å². The van der Waals surface area contributed by atoms with Crippen molar-refractivity contribution in [2.75, 3.05) is 0 Å². The summed E-state index contributed by atoms with van der Waals surface area (Å²) in [7, 11) is 0. The number of pyridine rings is 3. The molecule has 0 amide bonds. The predicted molar refractivity (Wildman–Crippen MR) is 318 cm³/mol.